The Labute approximate surface area is 150 Å². The quantitative estimate of drug-likeness (QED) is 0.596. The smallest absolute Gasteiger partial charge is 0.181 e. The normalized spacial score (nSPS) is 17.6. The zero-order chi connectivity index (χ0) is 17.3. The van der Waals surface area contributed by atoms with Crippen molar-refractivity contribution in [1.82, 2.24) is 35.3 Å². The zero-order valence-electron chi connectivity index (χ0n) is 14.3. The molecule has 0 radical (unpaired) electrons. The van der Waals surface area contributed by atoms with E-state index in [2.05, 4.69) is 31.5 Å². The number of hydrogen-bond acceptors (Lipinski definition) is 5. The summed E-state index contributed by atoms with van der Waals surface area (Å²) in [5.41, 5.74) is 3.95. The summed E-state index contributed by atoms with van der Waals surface area (Å²) in [7, 11) is 0. The van der Waals surface area contributed by atoms with Crippen LogP contribution in [-0.4, -0.2) is 43.0 Å². The number of pyridine rings is 1. The van der Waals surface area contributed by atoms with Gasteiger partial charge in [-0.15, -0.1) is 0 Å². The summed E-state index contributed by atoms with van der Waals surface area (Å²) in [6, 6.07) is 10.5. The van der Waals surface area contributed by atoms with Gasteiger partial charge in [-0.3, -0.25) is 10.1 Å². The van der Waals surface area contributed by atoms with Gasteiger partial charge < -0.3 is 5.32 Å². The monoisotopic (exact) mass is 345 g/mol. The van der Waals surface area contributed by atoms with Gasteiger partial charge in [0.2, 0.25) is 0 Å². The molecular formula is C19H19N7. The summed E-state index contributed by atoms with van der Waals surface area (Å²) in [6.07, 6.45) is 7.72. The third-order valence-corrected chi connectivity index (χ3v) is 4.93. The van der Waals surface area contributed by atoms with Crippen molar-refractivity contribution in [3.05, 3.63) is 49.1 Å². The number of rotatable bonds is 3. The number of aromatic nitrogens is 6. The van der Waals surface area contributed by atoms with Crippen LogP contribution in [0.1, 0.15) is 18.9 Å². The lowest BCUT2D eigenvalue weighted by atomic mass is 10.1. The Morgan fingerprint density at radius 1 is 1.08 bits per heavy atom. The minimum absolute atomic E-state index is 0.384. The van der Waals surface area contributed by atoms with E-state index in [0.717, 1.165) is 53.1 Å². The van der Waals surface area contributed by atoms with E-state index < -0.39 is 0 Å². The van der Waals surface area contributed by atoms with E-state index in [9.17, 15) is 0 Å². The van der Waals surface area contributed by atoms with E-state index in [-0.39, 0.29) is 0 Å². The van der Waals surface area contributed by atoms with Crippen molar-refractivity contribution < 1.29 is 0 Å². The topological polar surface area (TPSA) is 84.3 Å². The van der Waals surface area contributed by atoms with Gasteiger partial charge in [-0.25, -0.2) is 9.67 Å². The Hall–Kier alpha value is -3.06. The second kappa shape index (κ2) is 6.34. The molecule has 1 saturated heterocycles. The third-order valence-electron chi connectivity index (χ3n) is 4.93. The maximum absolute atomic E-state index is 4.72. The van der Waals surface area contributed by atoms with E-state index in [0.29, 0.717) is 6.04 Å². The first kappa shape index (κ1) is 15.2. The van der Waals surface area contributed by atoms with Gasteiger partial charge >= 0.3 is 0 Å². The highest BCUT2D eigenvalue weighted by Crippen LogP contribution is 2.29. The predicted octanol–water partition coefficient (Wildman–Crippen LogP) is 2.81. The van der Waals surface area contributed by atoms with Gasteiger partial charge in [0.05, 0.1) is 11.6 Å². The van der Waals surface area contributed by atoms with Crippen LogP contribution >= 0.6 is 0 Å². The van der Waals surface area contributed by atoms with Gasteiger partial charge in [0.15, 0.2) is 5.82 Å². The molecule has 7 heteroatoms. The Kier molecular flexibility index (Phi) is 3.71. The second-order valence-corrected chi connectivity index (χ2v) is 6.62. The fourth-order valence-electron chi connectivity index (χ4n) is 3.53. The third kappa shape index (κ3) is 2.66. The molecule has 7 nitrogen and oxygen atoms in total. The molecule has 4 heterocycles. The molecule has 4 aromatic rings. The number of piperidine rings is 1. The summed E-state index contributed by atoms with van der Waals surface area (Å²) in [6.45, 7) is 2.04. The molecule has 0 amide bonds. The van der Waals surface area contributed by atoms with Crippen molar-refractivity contribution in [2.24, 2.45) is 0 Å². The molecule has 5 rings (SSSR count). The number of fused-ring (bicyclic) bond motifs is 1. The van der Waals surface area contributed by atoms with Crippen LogP contribution in [0.4, 0.5) is 0 Å². The fraction of sp³-hybridized carbons (Fsp3) is 0.263. The van der Waals surface area contributed by atoms with Crippen molar-refractivity contribution in [2.75, 3.05) is 13.1 Å². The lowest BCUT2D eigenvalue weighted by Gasteiger charge is -2.22. The molecular weight excluding hydrogens is 326 g/mol. The van der Waals surface area contributed by atoms with Crippen LogP contribution in [0.5, 0.6) is 0 Å². The minimum atomic E-state index is 0.384. The van der Waals surface area contributed by atoms with E-state index >= 15 is 0 Å². The van der Waals surface area contributed by atoms with Gasteiger partial charge in [-0.1, -0.05) is 0 Å². The maximum Gasteiger partial charge on any atom is 0.181 e. The van der Waals surface area contributed by atoms with Crippen LogP contribution in [0.25, 0.3) is 33.5 Å². The highest BCUT2D eigenvalue weighted by molar-refractivity contribution is 5.95. The van der Waals surface area contributed by atoms with Crippen LogP contribution in [0.15, 0.2) is 49.1 Å². The first-order valence-corrected chi connectivity index (χ1v) is 8.89. The largest absolute Gasteiger partial charge is 0.315 e. The number of aromatic amines is 1. The lowest BCUT2D eigenvalue weighted by Crippen LogP contribution is -2.31. The molecule has 1 aliphatic heterocycles. The van der Waals surface area contributed by atoms with Crippen molar-refractivity contribution in [3.63, 3.8) is 0 Å². The molecule has 2 N–H and O–H groups in total. The number of hydrogen-bond donors (Lipinski definition) is 2. The molecule has 1 fully saturated rings. The molecule has 130 valence electrons. The SMILES string of the molecule is c1cc(-c2n[nH]c3ccc(-c4ncn(C5CCCNC5)n4)cc23)ccn1. The Morgan fingerprint density at radius 2 is 2.00 bits per heavy atom. The highest BCUT2D eigenvalue weighted by Gasteiger charge is 2.17. The summed E-state index contributed by atoms with van der Waals surface area (Å²) >= 11 is 0. The number of H-pyrrole nitrogens is 1. The second-order valence-electron chi connectivity index (χ2n) is 6.62. The summed E-state index contributed by atoms with van der Waals surface area (Å²) < 4.78 is 1.99. The van der Waals surface area contributed by atoms with Gasteiger partial charge in [0.25, 0.3) is 0 Å². The van der Waals surface area contributed by atoms with Crippen LogP contribution in [-0.2, 0) is 0 Å². The van der Waals surface area contributed by atoms with E-state index in [1.165, 1.54) is 6.42 Å². The molecule has 1 aromatic carbocycles. The lowest BCUT2D eigenvalue weighted by molar-refractivity contribution is 0.346. The van der Waals surface area contributed by atoms with Crippen molar-refractivity contribution in [3.8, 4) is 22.6 Å². The molecule has 3 aromatic heterocycles. The molecule has 0 aliphatic carbocycles. The average Bonchev–Trinajstić information content (AvgIpc) is 3.36. The molecule has 0 saturated carbocycles. The first-order valence-electron chi connectivity index (χ1n) is 8.89. The van der Waals surface area contributed by atoms with Crippen LogP contribution < -0.4 is 5.32 Å². The first-order chi connectivity index (χ1) is 12.9. The summed E-state index contributed by atoms with van der Waals surface area (Å²) in [5.74, 6) is 0.749. The summed E-state index contributed by atoms with van der Waals surface area (Å²) in [4.78, 5) is 8.62. The van der Waals surface area contributed by atoms with Gasteiger partial charge in [-0.2, -0.15) is 10.2 Å². The van der Waals surface area contributed by atoms with E-state index in [1.54, 1.807) is 12.4 Å². The van der Waals surface area contributed by atoms with Crippen LogP contribution in [0.2, 0.25) is 0 Å². The molecule has 0 spiro atoms. The highest BCUT2D eigenvalue weighted by atomic mass is 15.4. The molecule has 0 bridgehead atoms. The fourth-order valence-corrected chi connectivity index (χ4v) is 3.53. The predicted molar refractivity (Wildman–Crippen MR) is 99.5 cm³/mol. The Bertz CT molecular complexity index is 1030. The van der Waals surface area contributed by atoms with Gasteiger partial charge in [-0.05, 0) is 49.7 Å². The number of nitrogens with zero attached hydrogens (tertiary/aromatic N) is 5. The van der Waals surface area contributed by atoms with E-state index in [4.69, 9.17) is 5.10 Å². The van der Waals surface area contributed by atoms with Gasteiger partial charge in [0, 0.05) is 35.5 Å². The number of benzene rings is 1. The Balaban J connectivity index is 1.53. The minimum Gasteiger partial charge on any atom is -0.315 e. The summed E-state index contributed by atoms with van der Waals surface area (Å²) in [5, 5.41) is 16.8. The number of nitrogens with one attached hydrogen (secondary N) is 2. The molecule has 1 aliphatic rings. The van der Waals surface area contributed by atoms with Crippen molar-refractivity contribution in [1.29, 1.82) is 0 Å². The Morgan fingerprint density at radius 3 is 2.85 bits per heavy atom. The average molecular weight is 345 g/mol. The van der Waals surface area contributed by atoms with Crippen molar-refractivity contribution in [2.45, 2.75) is 18.9 Å². The van der Waals surface area contributed by atoms with Crippen LogP contribution in [0.3, 0.4) is 0 Å². The maximum atomic E-state index is 4.72. The standard InChI is InChI=1S/C19H19N7/c1-2-15(11-21-7-1)26-12-22-19(25-26)14-3-4-17-16(10-14)18(24-23-17)13-5-8-20-9-6-13/h3-6,8-10,12,15,21H,1-2,7,11H2,(H,23,24). The molecule has 1 atom stereocenters. The van der Waals surface area contributed by atoms with Crippen LogP contribution in [0, 0.1) is 0 Å². The van der Waals surface area contributed by atoms with E-state index in [1.807, 2.05) is 35.3 Å². The van der Waals surface area contributed by atoms with Crippen molar-refractivity contribution >= 4 is 10.9 Å². The molecule has 26 heavy (non-hydrogen) atoms. The molecule has 1 unspecified atom stereocenters. The zero-order valence-corrected chi connectivity index (χ0v) is 14.3. The van der Waals surface area contributed by atoms with Gasteiger partial charge in [0.1, 0.15) is 12.0 Å².